The molecule has 2 amide bonds. The number of carbonyl (C=O) groups excluding carboxylic acids is 2. The maximum absolute atomic E-state index is 12.0. The topological polar surface area (TPSA) is 90.1 Å². The van der Waals surface area contributed by atoms with E-state index in [9.17, 15) is 9.59 Å². The molecule has 0 saturated carbocycles. The number of fused-ring (bicyclic) bond motifs is 1. The van der Waals surface area contributed by atoms with Crippen LogP contribution in [0.1, 0.15) is 22.5 Å². The van der Waals surface area contributed by atoms with Crippen LogP contribution in [-0.2, 0) is 11.2 Å². The van der Waals surface area contributed by atoms with Crippen molar-refractivity contribution in [3.05, 3.63) is 47.8 Å². The Morgan fingerprint density at radius 3 is 2.91 bits per heavy atom. The molecule has 22 heavy (non-hydrogen) atoms. The first-order chi connectivity index (χ1) is 10.7. The number of para-hydroxylation sites is 1. The number of amides is 2. The zero-order chi connectivity index (χ0) is 15.4. The lowest BCUT2D eigenvalue weighted by atomic mass is 10.0. The minimum absolute atomic E-state index is 0.209. The molecule has 0 saturated heterocycles. The molecule has 0 spiro atoms. The normalized spacial score (nSPS) is 13.4. The first-order valence-corrected chi connectivity index (χ1v) is 7.15. The van der Waals surface area contributed by atoms with Gasteiger partial charge in [-0.1, -0.05) is 18.2 Å². The number of nitrogens with one attached hydrogen (secondary N) is 3. The molecule has 2 aromatic rings. The number of aryl methyl sites for hydroxylation is 1. The second kappa shape index (κ2) is 6.30. The van der Waals surface area contributed by atoms with E-state index in [1.165, 1.54) is 17.8 Å². The van der Waals surface area contributed by atoms with Gasteiger partial charge >= 0.3 is 0 Å². The standard InChI is InChI=1S/C15H17N5O2/c21-14(18-19-15(22)12-7-8-16-17-12)10-20-9-3-5-11-4-1-2-6-13(11)20/h1-2,4,6-8H,3,5,9-10H2,(H,16,17)(H,18,21)(H,19,22). The van der Waals surface area contributed by atoms with Crippen molar-refractivity contribution >= 4 is 17.5 Å². The molecule has 0 unspecified atom stereocenters. The van der Waals surface area contributed by atoms with Crippen molar-refractivity contribution in [2.45, 2.75) is 12.8 Å². The van der Waals surface area contributed by atoms with E-state index in [1.807, 2.05) is 23.1 Å². The third-order valence-electron chi connectivity index (χ3n) is 3.60. The summed E-state index contributed by atoms with van der Waals surface area (Å²) in [6.45, 7) is 1.04. The van der Waals surface area contributed by atoms with Gasteiger partial charge in [0.1, 0.15) is 5.69 Å². The average Bonchev–Trinajstić information content (AvgIpc) is 3.07. The van der Waals surface area contributed by atoms with Crippen LogP contribution in [0.3, 0.4) is 0 Å². The third kappa shape index (κ3) is 3.08. The third-order valence-corrected chi connectivity index (χ3v) is 3.60. The Morgan fingerprint density at radius 1 is 1.23 bits per heavy atom. The lowest BCUT2D eigenvalue weighted by Crippen LogP contribution is -2.47. The van der Waals surface area contributed by atoms with Gasteiger partial charge in [-0.05, 0) is 30.5 Å². The summed E-state index contributed by atoms with van der Waals surface area (Å²) >= 11 is 0. The van der Waals surface area contributed by atoms with Crippen LogP contribution in [0, 0.1) is 0 Å². The van der Waals surface area contributed by atoms with E-state index >= 15 is 0 Å². The number of aromatic nitrogens is 2. The van der Waals surface area contributed by atoms with E-state index in [2.05, 4.69) is 27.1 Å². The van der Waals surface area contributed by atoms with Crippen molar-refractivity contribution in [1.29, 1.82) is 0 Å². The monoisotopic (exact) mass is 299 g/mol. The molecule has 0 radical (unpaired) electrons. The minimum Gasteiger partial charge on any atom is -0.362 e. The second-order valence-corrected chi connectivity index (χ2v) is 5.13. The van der Waals surface area contributed by atoms with Crippen molar-refractivity contribution < 1.29 is 9.59 Å². The van der Waals surface area contributed by atoms with Gasteiger partial charge in [-0.25, -0.2) is 0 Å². The van der Waals surface area contributed by atoms with Crippen LogP contribution < -0.4 is 15.8 Å². The van der Waals surface area contributed by atoms with Crippen molar-refractivity contribution in [3.63, 3.8) is 0 Å². The predicted octanol–water partition coefficient (Wildman–Crippen LogP) is 0.623. The molecular weight excluding hydrogens is 282 g/mol. The first kappa shape index (κ1) is 14.1. The molecule has 0 aliphatic carbocycles. The van der Waals surface area contributed by atoms with Crippen LogP contribution in [0.5, 0.6) is 0 Å². The Balaban J connectivity index is 1.55. The van der Waals surface area contributed by atoms with Crippen LogP contribution in [0.4, 0.5) is 5.69 Å². The summed E-state index contributed by atoms with van der Waals surface area (Å²) in [5.74, 6) is -0.686. The predicted molar refractivity (Wildman–Crippen MR) is 81.2 cm³/mol. The molecular formula is C15H17N5O2. The number of nitrogens with zero attached hydrogens (tertiary/aromatic N) is 2. The Labute approximate surface area is 127 Å². The van der Waals surface area contributed by atoms with Gasteiger partial charge in [-0.2, -0.15) is 5.10 Å². The highest BCUT2D eigenvalue weighted by atomic mass is 16.2. The molecule has 0 fully saturated rings. The summed E-state index contributed by atoms with van der Waals surface area (Å²) in [4.78, 5) is 25.7. The number of carbonyl (C=O) groups is 2. The van der Waals surface area contributed by atoms with Crippen LogP contribution >= 0.6 is 0 Å². The Kier molecular flexibility index (Phi) is 4.04. The van der Waals surface area contributed by atoms with E-state index in [-0.39, 0.29) is 12.5 Å². The number of hydrogen-bond donors (Lipinski definition) is 3. The lowest BCUT2D eigenvalue weighted by molar-refractivity contribution is -0.120. The van der Waals surface area contributed by atoms with E-state index in [1.54, 1.807) is 0 Å². The summed E-state index contributed by atoms with van der Waals surface area (Å²) < 4.78 is 0. The zero-order valence-electron chi connectivity index (χ0n) is 12.0. The number of benzene rings is 1. The minimum atomic E-state index is -0.426. The average molecular weight is 299 g/mol. The smallest absolute Gasteiger partial charge is 0.287 e. The van der Waals surface area contributed by atoms with Gasteiger partial charge in [0.25, 0.3) is 11.8 Å². The first-order valence-electron chi connectivity index (χ1n) is 7.15. The quantitative estimate of drug-likeness (QED) is 0.725. The van der Waals surface area contributed by atoms with E-state index in [4.69, 9.17) is 0 Å². The van der Waals surface area contributed by atoms with Gasteiger partial charge < -0.3 is 4.90 Å². The van der Waals surface area contributed by atoms with Gasteiger partial charge in [0, 0.05) is 18.4 Å². The molecule has 1 aromatic heterocycles. The van der Waals surface area contributed by atoms with Crippen LogP contribution in [0.25, 0.3) is 0 Å². The molecule has 3 rings (SSSR count). The van der Waals surface area contributed by atoms with Gasteiger partial charge in [0.05, 0.1) is 6.54 Å². The largest absolute Gasteiger partial charge is 0.362 e. The van der Waals surface area contributed by atoms with Crippen molar-refractivity contribution in [2.75, 3.05) is 18.0 Å². The van der Waals surface area contributed by atoms with Crippen molar-refractivity contribution in [3.8, 4) is 0 Å². The second-order valence-electron chi connectivity index (χ2n) is 5.13. The number of aromatic amines is 1. The highest BCUT2D eigenvalue weighted by molar-refractivity contribution is 5.94. The SMILES string of the molecule is O=C(CN1CCCc2ccccc21)NNC(=O)c1ccn[nH]1. The molecule has 114 valence electrons. The molecule has 3 N–H and O–H groups in total. The molecule has 1 aliphatic rings. The molecule has 1 aliphatic heterocycles. The number of anilines is 1. The van der Waals surface area contributed by atoms with Gasteiger partial charge in [0.15, 0.2) is 0 Å². The molecule has 0 bridgehead atoms. The van der Waals surface area contributed by atoms with Crippen LogP contribution in [-0.4, -0.2) is 35.1 Å². The summed E-state index contributed by atoms with van der Waals surface area (Å²) in [6, 6.07) is 9.61. The van der Waals surface area contributed by atoms with Crippen LogP contribution in [0.2, 0.25) is 0 Å². The Bertz CT molecular complexity index is 668. The highest BCUT2D eigenvalue weighted by Crippen LogP contribution is 2.25. The number of rotatable bonds is 3. The number of hydrazine groups is 1. The summed E-state index contributed by atoms with van der Waals surface area (Å²) in [7, 11) is 0. The number of H-pyrrole nitrogens is 1. The zero-order valence-corrected chi connectivity index (χ0v) is 12.0. The van der Waals surface area contributed by atoms with Crippen LogP contribution in [0.15, 0.2) is 36.5 Å². The van der Waals surface area contributed by atoms with Crippen molar-refractivity contribution in [2.24, 2.45) is 0 Å². The molecule has 1 aromatic carbocycles. The summed E-state index contributed by atoms with van der Waals surface area (Å²) in [5, 5.41) is 6.21. The lowest BCUT2D eigenvalue weighted by Gasteiger charge is -2.30. The fraction of sp³-hybridized carbons (Fsp3) is 0.267. The van der Waals surface area contributed by atoms with Gasteiger partial charge in [-0.15, -0.1) is 0 Å². The van der Waals surface area contributed by atoms with E-state index in [0.29, 0.717) is 5.69 Å². The number of hydrogen-bond acceptors (Lipinski definition) is 4. The summed E-state index contributed by atoms with van der Waals surface area (Å²) in [6.07, 6.45) is 3.52. The van der Waals surface area contributed by atoms with Crippen molar-refractivity contribution in [1.82, 2.24) is 21.0 Å². The fourth-order valence-corrected chi connectivity index (χ4v) is 2.56. The molecule has 2 heterocycles. The Hall–Kier alpha value is -2.83. The Morgan fingerprint density at radius 2 is 2.09 bits per heavy atom. The van der Waals surface area contributed by atoms with Gasteiger partial charge in [0.2, 0.25) is 0 Å². The maximum Gasteiger partial charge on any atom is 0.287 e. The summed E-state index contributed by atoms with van der Waals surface area (Å²) in [5.41, 5.74) is 7.42. The van der Waals surface area contributed by atoms with Gasteiger partial charge in [-0.3, -0.25) is 25.5 Å². The molecule has 0 atom stereocenters. The molecule has 7 nitrogen and oxygen atoms in total. The fourth-order valence-electron chi connectivity index (χ4n) is 2.56. The van der Waals surface area contributed by atoms with E-state index < -0.39 is 5.91 Å². The van der Waals surface area contributed by atoms with E-state index in [0.717, 1.165) is 25.1 Å². The highest BCUT2D eigenvalue weighted by Gasteiger charge is 2.18. The maximum atomic E-state index is 12.0. The molecule has 7 heteroatoms.